The molecule has 0 radical (unpaired) electrons. The predicted octanol–water partition coefficient (Wildman–Crippen LogP) is 3.85. The van der Waals surface area contributed by atoms with Crippen molar-refractivity contribution in [1.29, 1.82) is 0 Å². The van der Waals surface area contributed by atoms with Gasteiger partial charge < -0.3 is 19.9 Å². The molecular weight excluding hydrogens is 330 g/mol. The van der Waals surface area contributed by atoms with Crippen LogP contribution in [0.5, 0.6) is 17.2 Å². The first-order valence-corrected chi connectivity index (χ1v) is 7.87. The minimum absolute atomic E-state index is 0.124. The van der Waals surface area contributed by atoms with Crippen LogP contribution in [0.1, 0.15) is 29.0 Å². The van der Waals surface area contributed by atoms with Crippen molar-refractivity contribution in [1.82, 2.24) is 0 Å². The first kappa shape index (κ1) is 16.5. The highest BCUT2D eigenvalue weighted by molar-refractivity contribution is 6.33. The molecule has 24 heavy (non-hydrogen) atoms. The van der Waals surface area contributed by atoms with E-state index in [4.69, 9.17) is 21.1 Å². The van der Waals surface area contributed by atoms with Gasteiger partial charge >= 0.3 is 0 Å². The molecule has 0 spiro atoms. The van der Waals surface area contributed by atoms with Crippen molar-refractivity contribution < 1.29 is 19.4 Å². The second-order valence-electron chi connectivity index (χ2n) is 5.74. The number of halogens is 1. The Morgan fingerprint density at radius 1 is 1.21 bits per heavy atom. The van der Waals surface area contributed by atoms with Gasteiger partial charge in [-0.2, -0.15) is 0 Å². The summed E-state index contributed by atoms with van der Waals surface area (Å²) in [7, 11) is 3.07. The molecule has 6 heteroatoms. The van der Waals surface area contributed by atoms with Crippen molar-refractivity contribution in [3.05, 3.63) is 46.0 Å². The fourth-order valence-electron chi connectivity index (χ4n) is 3.06. The highest BCUT2D eigenvalue weighted by atomic mass is 35.5. The molecule has 0 aliphatic carbocycles. The quantitative estimate of drug-likeness (QED) is 0.885. The van der Waals surface area contributed by atoms with E-state index >= 15 is 0 Å². The summed E-state index contributed by atoms with van der Waals surface area (Å²) in [6.07, 6.45) is 0.270. The van der Waals surface area contributed by atoms with Crippen LogP contribution >= 0.6 is 11.6 Å². The maximum atomic E-state index is 12.1. The lowest BCUT2D eigenvalue weighted by molar-refractivity contribution is -0.116. The van der Waals surface area contributed by atoms with E-state index in [0.29, 0.717) is 22.2 Å². The first-order valence-electron chi connectivity index (χ1n) is 7.50. The molecule has 2 aromatic carbocycles. The summed E-state index contributed by atoms with van der Waals surface area (Å²) in [4.78, 5) is 12.1. The van der Waals surface area contributed by atoms with Gasteiger partial charge in [-0.1, -0.05) is 17.7 Å². The highest BCUT2D eigenvalue weighted by Crippen LogP contribution is 2.46. The Bertz CT molecular complexity index is 819. The van der Waals surface area contributed by atoms with E-state index in [1.54, 1.807) is 19.2 Å². The van der Waals surface area contributed by atoms with Crippen molar-refractivity contribution in [2.45, 2.75) is 19.3 Å². The first-order chi connectivity index (χ1) is 11.5. The average molecular weight is 348 g/mol. The van der Waals surface area contributed by atoms with Crippen molar-refractivity contribution in [3.63, 3.8) is 0 Å². The summed E-state index contributed by atoms with van der Waals surface area (Å²) in [5, 5.41) is 13.1. The molecule has 2 aromatic rings. The van der Waals surface area contributed by atoms with Gasteiger partial charge in [-0.25, -0.2) is 0 Å². The standard InChI is InChI=1S/C18H18ClNO4/c1-9-6-12-11(7-16(22)20-13(12)8-14(9)21)10-4-5-15(23-2)18(24-3)17(10)19/h4-6,8,11,21H,7H2,1-3H3,(H,20,22)/t11-/m0/s1. The van der Waals surface area contributed by atoms with Crippen LogP contribution in [0.25, 0.3) is 0 Å². The number of hydrogen-bond donors (Lipinski definition) is 2. The Labute approximate surface area is 145 Å². The van der Waals surface area contributed by atoms with Crippen molar-refractivity contribution in [2.24, 2.45) is 0 Å². The van der Waals surface area contributed by atoms with Gasteiger partial charge in [0, 0.05) is 24.1 Å². The second kappa shape index (κ2) is 6.24. The molecule has 126 valence electrons. The van der Waals surface area contributed by atoms with Crippen LogP contribution in [0.3, 0.4) is 0 Å². The van der Waals surface area contributed by atoms with Crippen LogP contribution in [-0.4, -0.2) is 25.2 Å². The van der Waals surface area contributed by atoms with Gasteiger partial charge in [-0.3, -0.25) is 4.79 Å². The number of methoxy groups -OCH3 is 2. The SMILES string of the molecule is COc1ccc([C@@H]2CC(=O)Nc3cc(O)c(C)cc32)c(Cl)c1OC. The van der Waals surface area contributed by atoms with Gasteiger partial charge in [-0.15, -0.1) is 0 Å². The third-order valence-electron chi connectivity index (χ3n) is 4.30. The molecule has 1 aliphatic heterocycles. The summed E-state index contributed by atoms with van der Waals surface area (Å²) in [6, 6.07) is 7.07. The Morgan fingerprint density at radius 3 is 2.62 bits per heavy atom. The van der Waals surface area contributed by atoms with Gasteiger partial charge in [-0.05, 0) is 35.7 Å². The molecule has 1 heterocycles. The number of rotatable bonds is 3. The lowest BCUT2D eigenvalue weighted by Crippen LogP contribution is -2.24. The van der Waals surface area contributed by atoms with E-state index in [-0.39, 0.29) is 24.0 Å². The molecule has 1 aliphatic rings. The molecule has 0 bridgehead atoms. The fraction of sp³-hybridized carbons (Fsp3) is 0.278. The molecule has 3 rings (SSSR count). The van der Waals surface area contributed by atoms with Crippen LogP contribution in [-0.2, 0) is 4.79 Å². The summed E-state index contributed by atoms with van der Waals surface area (Å²) in [5.41, 5.74) is 3.05. The van der Waals surface area contributed by atoms with Crippen LogP contribution < -0.4 is 14.8 Å². The normalized spacial score (nSPS) is 16.3. The predicted molar refractivity (Wildman–Crippen MR) is 92.5 cm³/mol. The number of phenolic OH excluding ortho intramolecular Hbond substituents is 1. The summed E-state index contributed by atoms with van der Waals surface area (Å²) in [5.74, 6) is 0.781. The maximum Gasteiger partial charge on any atom is 0.225 e. The molecule has 2 N–H and O–H groups in total. The van der Waals surface area contributed by atoms with Crippen LogP contribution in [0, 0.1) is 6.92 Å². The summed E-state index contributed by atoms with van der Waals surface area (Å²) >= 11 is 6.53. The molecule has 1 atom stereocenters. The minimum atomic E-state index is -0.222. The van der Waals surface area contributed by atoms with E-state index in [2.05, 4.69) is 5.32 Å². The van der Waals surface area contributed by atoms with Gasteiger partial charge in [0.2, 0.25) is 5.91 Å². The Morgan fingerprint density at radius 2 is 1.96 bits per heavy atom. The molecule has 0 saturated carbocycles. The summed E-state index contributed by atoms with van der Waals surface area (Å²) < 4.78 is 10.6. The Kier molecular flexibility index (Phi) is 4.28. The smallest absolute Gasteiger partial charge is 0.225 e. The molecular formula is C18H18ClNO4. The molecule has 0 aromatic heterocycles. The third-order valence-corrected chi connectivity index (χ3v) is 4.69. The van der Waals surface area contributed by atoms with Gasteiger partial charge in [0.1, 0.15) is 5.75 Å². The highest BCUT2D eigenvalue weighted by Gasteiger charge is 2.30. The maximum absolute atomic E-state index is 12.1. The van der Waals surface area contributed by atoms with Crippen LogP contribution in [0.15, 0.2) is 24.3 Å². The number of nitrogens with one attached hydrogen (secondary N) is 1. The number of carbonyl (C=O) groups excluding carboxylic acids is 1. The molecule has 0 unspecified atom stereocenters. The van der Waals surface area contributed by atoms with E-state index in [1.165, 1.54) is 7.11 Å². The lowest BCUT2D eigenvalue weighted by atomic mass is 9.83. The van der Waals surface area contributed by atoms with E-state index < -0.39 is 0 Å². The zero-order chi connectivity index (χ0) is 17.4. The number of hydrogen-bond acceptors (Lipinski definition) is 4. The topological polar surface area (TPSA) is 67.8 Å². The number of carbonyl (C=O) groups is 1. The minimum Gasteiger partial charge on any atom is -0.508 e. The number of ether oxygens (including phenoxy) is 2. The van der Waals surface area contributed by atoms with Crippen LogP contribution in [0.4, 0.5) is 5.69 Å². The zero-order valence-corrected chi connectivity index (χ0v) is 14.4. The fourth-order valence-corrected chi connectivity index (χ4v) is 3.43. The van der Waals surface area contributed by atoms with Gasteiger partial charge in [0.25, 0.3) is 0 Å². The lowest BCUT2D eigenvalue weighted by Gasteiger charge is -2.28. The van der Waals surface area contributed by atoms with Crippen molar-refractivity contribution in [3.8, 4) is 17.2 Å². The van der Waals surface area contributed by atoms with Gasteiger partial charge in [0.15, 0.2) is 11.5 Å². The molecule has 1 amide bonds. The molecule has 0 saturated heterocycles. The Balaban J connectivity index is 2.18. The number of benzene rings is 2. The summed E-state index contributed by atoms with van der Waals surface area (Å²) in [6.45, 7) is 1.82. The van der Waals surface area contributed by atoms with E-state index in [0.717, 1.165) is 16.7 Å². The van der Waals surface area contributed by atoms with Crippen LogP contribution in [0.2, 0.25) is 5.02 Å². The number of aromatic hydroxyl groups is 1. The zero-order valence-electron chi connectivity index (χ0n) is 13.6. The average Bonchev–Trinajstić information content (AvgIpc) is 2.55. The monoisotopic (exact) mass is 347 g/mol. The van der Waals surface area contributed by atoms with Gasteiger partial charge in [0.05, 0.1) is 19.2 Å². The number of anilines is 1. The van der Waals surface area contributed by atoms with E-state index in [1.807, 2.05) is 19.1 Å². The largest absolute Gasteiger partial charge is 0.508 e. The number of amides is 1. The van der Waals surface area contributed by atoms with Crippen molar-refractivity contribution >= 4 is 23.2 Å². The van der Waals surface area contributed by atoms with E-state index in [9.17, 15) is 9.90 Å². The third kappa shape index (κ3) is 2.65. The molecule has 0 fully saturated rings. The number of phenols is 1. The second-order valence-corrected chi connectivity index (χ2v) is 6.11. The number of fused-ring (bicyclic) bond motifs is 1. The Hall–Kier alpha value is -2.40. The van der Waals surface area contributed by atoms with Crippen molar-refractivity contribution in [2.75, 3.05) is 19.5 Å². The molecule has 5 nitrogen and oxygen atoms in total. The number of aryl methyl sites for hydroxylation is 1.